The quantitative estimate of drug-likeness (QED) is 0.434. The molecule has 118 valence electrons. The van der Waals surface area contributed by atoms with Crippen LogP contribution in [-0.2, 0) is 0 Å². The first kappa shape index (κ1) is 16.1. The van der Waals surface area contributed by atoms with Gasteiger partial charge in [-0.1, -0.05) is 54.1 Å². The Kier molecular flexibility index (Phi) is 4.28. The van der Waals surface area contributed by atoms with Crippen molar-refractivity contribution in [1.82, 2.24) is 0 Å². The van der Waals surface area contributed by atoms with Crippen molar-refractivity contribution in [2.24, 2.45) is 0 Å². The zero-order chi connectivity index (χ0) is 17.3. The molecule has 24 heavy (non-hydrogen) atoms. The van der Waals surface area contributed by atoms with Crippen molar-refractivity contribution in [3.05, 3.63) is 70.8 Å². The van der Waals surface area contributed by atoms with Gasteiger partial charge in [-0.15, -0.1) is 11.8 Å². The Labute approximate surface area is 145 Å². The van der Waals surface area contributed by atoms with Crippen LogP contribution < -0.4 is 5.73 Å². The number of ketones is 1. The number of thioether (sulfide) groups is 1. The summed E-state index contributed by atoms with van der Waals surface area (Å²) >= 11 is 1.38. The fourth-order valence-electron chi connectivity index (χ4n) is 2.83. The Hall–Kier alpha value is -2.77. The lowest BCUT2D eigenvalue weighted by Gasteiger charge is -2.15. The van der Waals surface area contributed by atoms with Gasteiger partial charge in [0.15, 0.2) is 5.78 Å². The molecule has 0 aromatic heterocycles. The molecule has 0 heterocycles. The van der Waals surface area contributed by atoms with Crippen LogP contribution in [0.4, 0.5) is 5.69 Å². The van der Waals surface area contributed by atoms with Gasteiger partial charge in [0, 0.05) is 21.2 Å². The summed E-state index contributed by atoms with van der Waals surface area (Å²) < 4.78 is 0. The molecule has 0 spiro atoms. The van der Waals surface area contributed by atoms with Crippen molar-refractivity contribution in [3.8, 4) is 6.07 Å². The van der Waals surface area contributed by atoms with Gasteiger partial charge in [-0.2, -0.15) is 5.26 Å². The predicted octanol–water partition coefficient (Wildman–Crippen LogP) is 4.56. The average Bonchev–Trinajstić information content (AvgIpc) is 2.61. The molecule has 3 aromatic carbocycles. The van der Waals surface area contributed by atoms with Crippen LogP contribution in [-0.4, -0.2) is 12.0 Å². The number of aryl methyl sites for hydroxylation is 1. The lowest BCUT2D eigenvalue weighted by molar-refractivity contribution is 0.103. The van der Waals surface area contributed by atoms with E-state index in [0.717, 1.165) is 16.3 Å². The van der Waals surface area contributed by atoms with Crippen LogP contribution >= 0.6 is 11.8 Å². The summed E-state index contributed by atoms with van der Waals surface area (Å²) in [5.41, 5.74) is 9.35. The maximum atomic E-state index is 13.1. The van der Waals surface area contributed by atoms with Crippen molar-refractivity contribution < 1.29 is 4.79 Å². The fourth-order valence-corrected chi connectivity index (χ4v) is 3.60. The standard InChI is InChI=1S/C20H16N2OS/c1-12-7-9-13(10-8-12)19(23)17-18(22)15-6-4-3-5-14(15)16(11-21)20(17)24-2/h3-10H,22H2,1-2H3. The molecule has 3 rings (SSSR count). The van der Waals surface area contributed by atoms with Crippen molar-refractivity contribution in [2.75, 3.05) is 12.0 Å². The Morgan fingerprint density at radius 1 is 1.08 bits per heavy atom. The molecule has 0 unspecified atom stereocenters. The van der Waals surface area contributed by atoms with Crippen molar-refractivity contribution in [1.29, 1.82) is 5.26 Å². The lowest BCUT2D eigenvalue weighted by Crippen LogP contribution is -2.09. The van der Waals surface area contributed by atoms with Gasteiger partial charge < -0.3 is 5.73 Å². The molecular formula is C20H16N2OS. The average molecular weight is 332 g/mol. The highest BCUT2D eigenvalue weighted by Gasteiger charge is 2.23. The number of benzene rings is 3. The maximum absolute atomic E-state index is 13.1. The number of nitriles is 1. The summed E-state index contributed by atoms with van der Waals surface area (Å²) in [5, 5.41) is 11.2. The number of nitrogens with two attached hydrogens (primary N) is 1. The number of nitrogens with zero attached hydrogens (tertiary/aromatic N) is 1. The molecule has 3 aromatic rings. The lowest BCUT2D eigenvalue weighted by atomic mass is 9.94. The molecule has 0 aliphatic carbocycles. The summed E-state index contributed by atoms with van der Waals surface area (Å²) in [6.45, 7) is 1.97. The molecule has 4 heteroatoms. The molecule has 0 aliphatic rings. The topological polar surface area (TPSA) is 66.9 Å². The van der Waals surface area contributed by atoms with Gasteiger partial charge in [-0.05, 0) is 13.2 Å². The van der Waals surface area contributed by atoms with Gasteiger partial charge in [0.1, 0.15) is 6.07 Å². The van der Waals surface area contributed by atoms with Gasteiger partial charge in [0.2, 0.25) is 0 Å². The first-order valence-electron chi connectivity index (χ1n) is 7.48. The van der Waals surface area contributed by atoms with E-state index in [1.165, 1.54) is 11.8 Å². The third-order valence-electron chi connectivity index (χ3n) is 4.07. The van der Waals surface area contributed by atoms with E-state index < -0.39 is 0 Å². The highest BCUT2D eigenvalue weighted by atomic mass is 32.2. The van der Waals surface area contributed by atoms with Crippen molar-refractivity contribution in [3.63, 3.8) is 0 Å². The van der Waals surface area contributed by atoms with Crippen LogP contribution in [0.1, 0.15) is 27.0 Å². The van der Waals surface area contributed by atoms with Crippen LogP contribution in [0.15, 0.2) is 53.4 Å². The molecule has 0 amide bonds. The number of carbonyl (C=O) groups excluding carboxylic acids is 1. The maximum Gasteiger partial charge on any atom is 0.196 e. The van der Waals surface area contributed by atoms with E-state index in [-0.39, 0.29) is 5.78 Å². The third kappa shape index (κ3) is 2.53. The van der Waals surface area contributed by atoms with E-state index in [1.54, 1.807) is 12.1 Å². The molecule has 0 atom stereocenters. The van der Waals surface area contributed by atoms with Crippen LogP contribution in [0, 0.1) is 18.3 Å². The highest BCUT2D eigenvalue weighted by Crippen LogP contribution is 2.38. The number of hydrogen-bond donors (Lipinski definition) is 1. The molecule has 0 fully saturated rings. The van der Waals surface area contributed by atoms with Gasteiger partial charge in [-0.25, -0.2) is 0 Å². The zero-order valence-electron chi connectivity index (χ0n) is 13.5. The second-order valence-electron chi connectivity index (χ2n) is 5.55. The molecule has 3 nitrogen and oxygen atoms in total. The van der Waals surface area contributed by atoms with Gasteiger partial charge in [0.05, 0.1) is 16.8 Å². The predicted molar refractivity (Wildman–Crippen MR) is 99.5 cm³/mol. The van der Waals surface area contributed by atoms with E-state index in [2.05, 4.69) is 6.07 Å². The number of fused-ring (bicyclic) bond motifs is 1. The summed E-state index contributed by atoms with van der Waals surface area (Å²) in [6.07, 6.45) is 1.86. The smallest absolute Gasteiger partial charge is 0.196 e. The number of rotatable bonds is 3. The first-order valence-corrected chi connectivity index (χ1v) is 8.70. The number of nitrogen functional groups attached to an aromatic ring is 1. The number of hydrogen-bond acceptors (Lipinski definition) is 4. The summed E-state index contributed by atoms with van der Waals surface area (Å²) in [6, 6.07) is 17.1. The van der Waals surface area contributed by atoms with Crippen LogP contribution in [0.5, 0.6) is 0 Å². The Morgan fingerprint density at radius 2 is 1.71 bits per heavy atom. The number of anilines is 1. The summed E-state index contributed by atoms with van der Waals surface area (Å²) in [7, 11) is 0. The molecule has 0 saturated heterocycles. The van der Waals surface area contributed by atoms with E-state index in [4.69, 9.17) is 5.73 Å². The molecule has 0 saturated carbocycles. The summed E-state index contributed by atoms with van der Waals surface area (Å²) in [5.74, 6) is -0.154. The van der Waals surface area contributed by atoms with Gasteiger partial charge >= 0.3 is 0 Å². The van der Waals surface area contributed by atoms with Crippen LogP contribution in [0.25, 0.3) is 10.8 Å². The van der Waals surface area contributed by atoms with Crippen LogP contribution in [0.3, 0.4) is 0 Å². The molecular weight excluding hydrogens is 316 g/mol. The molecule has 0 bridgehead atoms. The monoisotopic (exact) mass is 332 g/mol. The molecule has 0 radical (unpaired) electrons. The second kappa shape index (κ2) is 6.38. The highest BCUT2D eigenvalue weighted by molar-refractivity contribution is 7.98. The Morgan fingerprint density at radius 3 is 2.29 bits per heavy atom. The minimum Gasteiger partial charge on any atom is -0.398 e. The van der Waals surface area contributed by atoms with Gasteiger partial charge in [-0.3, -0.25) is 4.79 Å². The Balaban J connectivity index is 2.35. The fraction of sp³-hybridized carbons (Fsp3) is 0.100. The second-order valence-corrected chi connectivity index (χ2v) is 6.37. The Bertz CT molecular complexity index is 985. The van der Waals surface area contributed by atoms with E-state index in [1.807, 2.05) is 49.6 Å². The normalized spacial score (nSPS) is 10.5. The van der Waals surface area contributed by atoms with Crippen molar-refractivity contribution >= 4 is 34.0 Å². The first-order chi connectivity index (χ1) is 11.6. The van der Waals surface area contributed by atoms with Crippen LogP contribution in [0.2, 0.25) is 0 Å². The molecule has 0 aliphatic heterocycles. The van der Waals surface area contributed by atoms with E-state index >= 15 is 0 Å². The number of carbonyl (C=O) groups is 1. The van der Waals surface area contributed by atoms with Gasteiger partial charge in [0.25, 0.3) is 0 Å². The zero-order valence-corrected chi connectivity index (χ0v) is 14.3. The van der Waals surface area contributed by atoms with Crippen molar-refractivity contribution in [2.45, 2.75) is 11.8 Å². The third-order valence-corrected chi connectivity index (χ3v) is 4.88. The minimum absolute atomic E-state index is 0.154. The summed E-state index contributed by atoms with van der Waals surface area (Å²) in [4.78, 5) is 13.7. The minimum atomic E-state index is -0.154. The molecule has 2 N–H and O–H groups in total. The SMILES string of the molecule is CSc1c(C(=O)c2ccc(C)cc2)c(N)c2ccccc2c1C#N. The largest absolute Gasteiger partial charge is 0.398 e. The van der Waals surface area contributed by atoms with E-state index in [9.17, 15) is 10.1 Å². The van der Waals surface area contributed by atoms with E-state index in [0.29, 0.717) is 27.3 Å².